The van der Waals surface area contributed by atoms with Crippen LogP contribution in [0.1, 0.15) is 51.3 Å². The van der Waals surface area contributed by atoms with Crippen LogP contribution in [0.4, 0.5) is 22.9 Å². The van der Waals surface area contributed by atoms with Gasteiger partial charge >= 0.3 is 0 Å². The molecular formula is C54H42N5OPt-3. The molecule has 0 saturated carbocycles. The van der Waals surface area contributed by atoms with Gasteiger partial charge in [-0.2, -0.15) is 12.1 Å². The van der Waals surface area contributed by atoms with Gasteiger partial charge in [0.05, 0.1) is 5.69 Å². The number of para-hydroxylation sites is 1. The monoisotopic (exact) mass is 971 g/mol. The summed E-state index contributed by atoms with van der Waals surface area (Å²) in [6, 6.07) is 58.2. The molecule has 0 N–H and O–H groups in total. The van der Waals surface area contributed by atoms with E-state index in [0.717, 1.165) is 61.6 Å². The molecule has 4 heterocycles. The molecule has 1 aliphatic heterocycles. The minimum absolute atomic E-state index is 0. The van der Waals surface area contributed by atoms with Crippen molar-refractivity contribution in [1.29, 1.82) is 0 Å². The molecule has 0 spiro atoms. The van der Waals surface area contributed by atoms with Gasteiger partial charge in [-0.3, -0.25) is 0 Å². The first-order valence-corrected chi connectivity index (χ1v) is 20.5. The molecule has 1 aliphatic carbocycles. The summed E-state index contributed by atoms with van der Waals surface area (Å²) in [5, 5.41) is 2.22. The third-order valence-electron chi connectivity index (χ3n) is 12.2. The van der Waals surface area contributed by atoms with E-state index in [1.807, 2.05) is 36.7 Å². The van der Waals surface area contributed by atoms with Crippen LogP contribution < -0.4 is 14.5 Å². The number of benzene rings is 6. The van der Waals surface area contributed by atoms with E-state index in [9.17, 15) is 0 Å². The van der Waals surface area contributed by atoms with Gasteiger partial charge in [0.2, 0.25) is 0 Å². The fraction of sp³-hybridized carbons (Fsp3) is 0.130. The Kier molecular flexibility index (Phi) is 9.26. The fourth-order valence-electron chi connectivity index (χ4n) is 9.16. The predicted molar refractivity (Wildman–Crippen MR) is 244 cm³/mol. The summed E-state index contributed by atoms with van der Waals surface area (Å²) in [6.07, 6.45) is 3.77. The molecule has 0 saturated heterocycles. The van der Waals surface area contributed by atoms with Gasteiger partial charge in [0.1, 0.15) is 11.6 Å². The molecule has 11 rings (SSSR count). The van der Waals surface area contributed by atoms with Crippen LogP contribution in [0, 0.1) is 18.8 Å². The van der Waals surface area contributed by atoms with E-state index in [1.165, 1.54) is 27.8 Å². The summed E-state index contributed by atoms with van der Waals surface area (Å²) in [4.78, 5) is 14.3. The minimum atomic E-state index is -0.164. The molecule has 2 aliphatic rings. The molecule has 0 atom stereocenters. The van der Waals surface area contributed by atoms with E-state index in [2.05, 4.69) is 189 Å². The zero-order valence-corrected chi connectivity index (χ0v) is 36.8. The Labute approximate surface area is 371 Å². The number of rotatable bonds is 6. The van der Waals surface area contributed by atoms with Gasteiger partial charge in [-0.05, 0) is 69.0 Å². The molecule has 6 aromatic carbocycles. The topological polar surface area (TPSA) is 46.4 Å². The van der Waals surface area contributed by atoms with Gasteiger partial charge in [-0.1, -0.05) is 125 Å². The van der Waals surface area contributed by atoms with Crippen molar-refractivity contribution in [3.05, 3.63) is 193 Å². The summed E-state index contributed by atoms with van der Waals surface area (Å²) < 4.78 is 8.82. The maximum Gasteiger partial charge on any atom is 0.135 e. The molecule has 6 nitrogen and oxygen atoms in total. The van der Waals surface area contributed by atoms with Crippen LogP contribution in [0.5, 0.6) is 11.5 Å². The Bertz CT molecular complexity index is 3150. The van der Waals surface area contributed by atoms with Crippen molar-refractivity contribution < 1.29 is 25.8 Å². The quantitative estimate of drug-likeness (QED) is 0.155. The predicted octanol–water partition coefficient (Wildman–Crippen LogP) is 13.6. The van der Waals surface area contributed by atoms with E-state index in [0.29, 0.717) is 11.5 Å². The Morgan fingerprint density at radius 3 is 2.28 bits per heavy atom. The summed E-state index contributed by atoms with van der Waals surface area (Å²) in [7, 11) is 0. The molecule has 7 heteroatoms. The molecule has 0 bridgehead atoms. The van der Waals surface area contributed by atoms with E-state index >= 15 is 0 Å². The smallest absolute Gasteiger partial charge is 0.135 e. The summed E-state index contributed by atoms with van der Waals surface area (Å²) in [6.45, 7) is 13.5. The van der Waals surface area contributed by atoms with Gasteiger partial charge in [0.25, 0.3) is 0 Å². The summed E-state index contributed by atoms with van der Waals surface area (Å²) in [5.74, 6) is 2.87. The molecule has 9 aromatic rings. The van der Waals surface area contributed by atoms with Crippen LogP contribution in [0.15, 0.2) is 158 Å². The first kappa shape index (κ1) is 38.7. The van der Waals surface area contributed by atoms with Crippen molar-refractivity contribution in [1.82, 2.24) is 14.5 Å². The van der Waals surface area contributed by atoms with Crippen LogP contribution in [-0.4, -0.2) is 14.5 Å². The van der Waals surface area contributed by atoms with Crippen molar-refractivity contribution in [3.8, 4) is 39.6 Å². The molecule has 0 radical (unpaired) electrons. The van der Waals surface area contributed by atoms with Crippen molar-refractivity contribution >= 4 is 44.7 Å². The van der Waals surface area contributed by atoms with Crippen LogP contribution in [-0.2, 0) is 31.9 Å². The zero-order valence-electron chi connectivity index (χ0n) is 34.5. The number of hydrogen-bond donors (Lipinski definition) is 0. The number of aromatic nitrogens is 3. The van der Waals surface area contributed by atoms with Crippen molar-refractivity contribution in [2.45, 2.75) is 45.4 Å². The molecule has 0 unspecified atom stereocenters. The van der Waals surface area contributed by atoms with Crippen molar-refractivity contribution in [2.24, 2.45) is 0 Å². The fourth-order valence-corrected chi connectivity index (χ4v) is 9.16. The first-order valence-electron chi connectivity index (χ1n) is 20.5. The largest absolute Gasteiger partial charge is 0.509 e. The van der Waals surface area contributed by atoms with Crippen LogP contribution in [0.25, 0.3) is 49.9 Å². The van der Waals surface area contributed by atoms with E-state index in [-0.39, 0.29) is 31.9 Å². The SMILES string of the molecule is CC(C)(C)c1ccnc(-n2c3[c-]c(Oc4[c-]c(N5[CH-]N(c6c(-c7ccccc7)ccc7c6-c6ccccc6C7(C)C)c6ncccc65)ccc4)ccc3c3ccccc32)c1.[Pt]. The number of nitrogens with zero attached hydrogens (tertiary/aromatic N) is 5. The summed E-state index contributed by atoms with van der Waals surface area (Å²) >= 11 is 0. The van der Waals surface area contributed by atoms with Crippen LogP contribution in [0.2, 0.25) is 0 Å². The van der Waals surface area contributed by atoms with Crippen LogP contribution >= 0.6 is 0 Å². The molecule has 61 heavy (non-hydrogen) atoms. The second-order valence-electron chi connectivity index (χ2n) is 17.2. The second-order valence-corrected chi connectivity index (χ2v) is 17.2. The number of ether oxygens (including phenoxy) is 1. The maximum atomic E-state index is 6.64. The molecule has 0 amide bonds. The maximum absolute atomic E-state index is 6.64. The number of fused-ring (bicyclic) bond motifs is 7. The number of anilines is 4. The third kappa shape index (κ3) is 6.27. The van der Waals surface area contributed by atoms with Crippen molar-refractivity contribution in [3.63, 3.8) is 0 Å². The third-order valence-corrected chi connectivity index (χ3v) is 12.2. The zero-order chi connectivity index (χ0) is 40.8. The second kappa shape index (κ2) is 14.6. The van der Waals surface area contributed by atoms with Crippen LogP contribution in [0.3, 0.4) is 0 Å². The Hall–Kier alpha value is -6.49. The molecule has 3 aromatic heterocycles. The average Bonchev–Trinajstić information content (AvgIpc) is 3.89. The normalized spacial score (nSPS) is 13.9. The van der Waals surface area contributed by atoms with Crippen molar-refractivity contribution in [2.75, 3.05) is 9.80 Å². The Morgan fingerprint density at radius 1 is 0.639 bits per heavy atom. The average molecular weight is 972 g/mol. The van der Waals surface area contributed by atoms with Gasteiger partial charge in [0.15, 0.2) is 0 Å². The summed E-state index contributed by atoms with van der Waals surface area (Å²) in [5.41, 5.74) is 13.3. The number of hydrogen-bond acceptors (Lipinski definition) is 5. The van der Waals surface area contributed by atoms with Gasteiger partial charge in [-0.25, -0.2) is 9.97 Å². The number of pyridine rings is 2. The van der Waals surface area contributed by atoms with E-state index in [1.54, 1.807) is 0 Å². The first-order chi connectivity index (χ1) is 29.1. The molecule has 0 fully saturated rings. The van der Waals surface area contributed by atoms with E-state index in [4.69, 9.17) is 14.7 Å². The van der Waals surface area contributed by atoms with E-state index < -0.39 is 0 Å². The Morgan fingerprint density at radius 2 is 1.43 bits per heavy atom. The van der Waals surface area contributed by atoms with Gasteiger partial charge < -0.3 is 19.1 Å². The van der Waals surface area contributed by atoms with Gasteiger partial charge in [-0.15, -0.1) is 48.1 Å². The van der Waals surface area contributed by atoms with Gasteiger partial charge in [0, 0.05) is 72.7 Å². The molecular weight excluding hydrogens is 930 g/mol. The minimum Gasteiger partial charge on any atom is -0.509 e. The Balaban J connectivity index is 0.00000445. The molecule has 302 valence electrons. The standard InChI is InChI=1S/C54H42N5O.Pt/c1-53(2,3)36-28-30-55-49(31-36)59-46-22-12-10-19-41(46)42-25-24-39(33-48(42)59)60-38-18-13-17-37(32-38)57-34-58(52-47(57)23-14-29-56-52)51-40(35-15-7-6-8-16-35)26-27-45-50(51)43-20-9-11-21-44(43)54(45,4)5;/h6-31,34H,1-5H3;/q-3;.